The zero-order chi connectivity index (χ0) is 12.5. The van der Waals surface area contributed by atoms with Crippen molar-refractivity contribution in [1.82, 2.24) is 9.80 Å². The van der Waals surface area contributed by atoms with Crippen molar-refractivity contribution in [1.29, 1.82) is 0 Å². The number of likely N-dealkylation sites (N-methyl/N-ethyl adjacent to an activating group) is 1. The maximum absolute atomic E-state index is 5.95. The Kier molecular flexibility index (Phi) is 6.91. The number of hydrogen-bond acceptors (Lipinski definition) is 4. The molecule has 1 heterocycles. The number of guanidine groups is 1. The molecule has 17 heavy (non-hydrogen) atoms. The normalized spacial score (nSPS) is 18.4. The molecule has 0 aliphatic carbocycles. The summed E-state index contributed by atoms with van der Waals surface area (Å²) in [7, 11) is 1.69. The molecule has 1 aliphatic heterocycles. The molecular formula is C11H24N4O2. The van der Waals surface area contributed by atoms with Crippen LogP contribution in [0.1, 0.15) is 6.92 Å². The first-order valence-electron chi connectivity index (χ1n) is 6.11. The minimum absolute atomic E-state index is 0.594. The lowest BCUT2D eigenvalue weighted by atomic mass is 10.4. The Morgan fingerprint density at radius 3 is 2.76 bits per heavy atom. The molecule has 6 heteroatoms. The van der Waals surface area contributed by atoms with E-state index >= 15 is 0 Å². The van der Waals surface area contributed by atoms with E-state index in [1.54, 1.807) is 7.11 Å². The van der Waals surface area contributed by atoms with Crippen LogP contribution in [0.3, 0.4) is 0 Å². The van der Waals surface area contributed by atoms with Crippen LogP contribution in [0.25, 0.3) is 0 Å². The highest BCUT2D eigenvalue weighted by atomic mass is 16.5. The van der Waals surface area contributed by atoms with Crippen LogP contribution in [0.5, 0.6) is 0 Å². The van der Waals surface area contributed by atoms with Gasteiger partial charge >= 0.3 is 0 Å². The van der Waals surface area contributed by atoms with E-state index in [4.69, 9.17) is 15.2 Å². The summed E-state index contributed by atoms with van der Waals surface area (Å²) in [5.74, 6) is 0.594. The Morgan fingerprint density at radius 2 is 2.18 bits per heavy atom. The van der Waals surface area contributed by atoms with Gasteiger partial charge < -0.3 is 20.1 Å². The highest BCUT2D eigenvalue weighted by molar-refractivity contribution is 5.78. The molecule has 0 aromatic carbocycles. The Morgan fingerprint density at radius 1 is 1.47 bits per heavy atom. The van der Waals surface area contributed by atoms with Crippen LogP contribution in [-0.2, 0) is 9.47 Å². The smallest absolute Gasteiger partial charge is 0.192 e. The molecule has 0 atom stereocenters. The molecule has 2 N–H and O–H groups in total. The van der Waals surface area contributed by atoms with Crippen LogP contribution in [0.2, 0.25) is 0 Å². The van der Waals surface area contributed by atoms with E-state index in [0.29, 0.717) is 19.2 Å². The summed E-state index contributed by atoms with van der Waals surface area (Å²) >= 11 is 0. The maximum atomic E-state index is 5.95. The van der Waals surface area contributed by atoms with E-state index in [2.05, 4.69) is 16.8 Å². The first-order valence-corrected chi connectivity index (χ1v) is 6.11. The number of hydrogen-bond donors (Lipinski definition) is 1. The molecule has 0 radical (unpaired) electrons. The zero-order valence-corrected chi connectivity index (χ0v) is 10.9. The van der Waals surface area contributed by atoms with Gasteiger partial charge in [0.25, 0.3) is 0 Å². The number of aliphatic imine (C=N–C) groups is 1. The molecule has 0 spiro atoms. The van der Waals surface area contributed by atoms with Gasteiger partial charge in [0.05, 0.1) is 26.5 Å². The molecule has 100 valence electrons. The van der Waals surface area contributed by atoms with Crippen LogP contribution >= 0.6 is 0 Å². The van der Waals surface area contributed by atoms with Gasteiger partial charge in [0.15, 0.2) is 5.96 Å². The fourth-order valence-electron chi connectivity index (χ4n) is 1.65. The standard InChI is InChI=1S/C11H24N4O2/c1-3-15(6-7-16-2)11(12)13-10-14-4-8-17-9-5-14/h3-10H2,1-2H3,(H2,12,13). The number of nitrogens with two attached hydrogens (primary N) is 1. The Bertz CT molecular complexity index is 230. The molecule has 1 saturated heterocycles. The van der Waals surface area contributed by atoms with Crippen molar-refractivity contribution < 1.29 is 9.47 Å². The summed E-state index contributed by atoms with van der Waals surface area (Å²) in [6.45, 7) is 8.45. The molecule has 0 aromatic heterocycles. The molecule has 0 aromatic rings. The summed E-state index contributed by atoms with van der Waals surface area (Å²) in [6.07, 6.45) is 0. The van der Waals surface area contributed by atoms with Crippen LogP contribution in [0.4, 0.5) is 0 Å². The Balaban J connectivity index is 2.34. The lowest BCUT2D eigenvalue weighted by Gasteiger charge is -2.26. The maximum Gasteiger partial charge on any atom is 0.192 e. The second-order valence-corrected chi connectivity index (χ2v) is 3.96. The quantitative estimate of drug-likeness (QED) is 0.507. The lowest BCUT2D eigenvalue weighted by molar-refractivity contribution is 0.0392. The van der Waals surface area contributed by atoms with E-state index < -0.39 is 0 Å². The van der Waals surface area contributed by atoms with E-state index in [1.165, 1.54) is 0 Å². The summed E-state index contributed by atoms with van der Waals surface area (Å²) in [5, 5.41) is 0. The minimum atomic E-state index is 0.594. The molecule has 1 fully saturated rings. The molecular weight excluding hydrogens is 220 g/mol. The molecule has 0 saturated carbocycles. The Hall–Kier alpha value is -0.850. The fourth-order valence-corrected chi connectivity index (χ4v) is 1.65. The first-order chi connectivity index (χ1) is 8.27. The average molecular weight is 244 g/mol. The molecule has 6 nitrogen and oxygen atoms in total. The summed E-state index contributed by atoms with van der Waals surface area (Å²) in [5.41, 5.74) is 5.95. The van der Waals surface area contributed by atoms with Crippen molar-refractivity contribution in [3.8, 4) is 0 Å². The van der Waals surface area contributed by atoms with Crippen molar-refractivity contribution >= 4 is 5.96 Å². The van der Waals surface area contributed by atoms with Crippen LogP contribution < -0.4 is 5.73 Å². The summed E-state index contributed by atoms with van der Waals surface area (Å²) in [4.78, 5) is 8.66. The number of rotatable bonds is 6. The van der Waals surface area contributed by atoms with E-state index in [-0.39, 0.29) is 0 Å². The van der Waals surface area contributed by atoms with Crippen LogP contribution in [0.15, 0.2) is 4.99 Å². The SMILES string of the molecule is CCN(CCOC)C(N)=NCN1CCOCC1. The van der Waals surface area contributed by atoms with Crippen LogP contribution in [-0.4, -0.2) is 75.5 Å². The van der Waals surface area contributed by atoms with Gasteiger partial charge in [-0.15, -0.1) is 0 Å². The van der Waals surface area contributed by atoms with Gasteiger partial charge in [0.1, 0.15) is 0 Å². The van der Waals surface area contributed by atoms with Gasteiger partial charge in [-0.25, -0.2) is 4.99 Å². The fraction of sp³-hybridized carbons (Fsp3) is 0.909. The lowest BCUT2D eigenvalue weighted by Crippen LogP contribution is -2.41. The van der Waals surface area contributed by atoms with E-state index in [0.717, 1.165) is 39.4 Å². The minimum Gasteiger partial charge on any atom is -0.383 e. The van der Waals surface area contributed by atoms with Gasteiger partial charge in [-0.3, -0.25) is 4.90 Å². The molecule has 1 aliphatic rings. The van der Waals surface area contributed by atoms with Gasteiger partial charge in [-0.05, 0) is 6.92 Å². The van der Waals surface area contributed by atoms with Crippen molar-refractivity contribution in [2.75, 3.05) is 59.8 Å². The molecule has 0 amide bonds. The van der Waals surface area contributed by atoms with Gasteiger partial charge in [0.2, 0.25) is 0 Å². The van der Waals surface area contributed by atoms with Gasteiger partial charge in [0, 0.05) is 33.3 Å². The van der Waals surface area contributed by atoms with Crippen molar-refractivity contribution in [2.45, 2.75) is 6.92 Å². The third kappa shape index (κ3) is 5.34. The molecule has 1 rings (SSSR count). The van der Waals surface area contributed by atoms with Crippen molar-refractivity contribution in [3.05, 3.63) is 0 Å². The van der Waals surface area contributed by atoms with E-state index in [9.17, 15) is 0 Å². The summed E-state index contributed by atoms with van der Waals surface area (Å²) < 4.78 is 10.3. The predicted molar refractivity (Wildman–Crippen MR) is 68.0 cm³/mol. The zero-order valence-electron chi connectivity index (χ0n) is 10.9. The topological polar surface area (TPSA) is 63.3 Å². The van der Waals surface area contributed by atoms with Gasteiger partial charge in [-0.2, -0.15) is 0 Å². The Labute approximate surface area is 103 Å². The third-order valence-electron chi connectivity index (χ3n) is 2.81. The van der Waals surface area contributed by atoms with E-state index in [1.807, 2.05) is 4.90 Å². The number of morpholine rings is 1. The predicted octanol–water partition coefficient (Wildman–Crippen LogP) is -0.441. The van der Waals surface area contributed by atoms with Crippen molar-refractivity contribution in [2.24, 2.45) is 10.7 Å². The molecule has 0 unspecified atom stereocenters. The first kappa shape index (κ1) is 14.2. The third-order valence-corrected chi connectivity index (χ3v) is 2.81. The average Bonchev–Trinajstić information content (AvgIpc) is 2.38. The molecule has 0 bridgehead atoms. The van der Waals surface area contributed by atoms with Gasteiger partial charge in [-0.1, -0.05) is 0 Å². The largest absolute Gasteiger partial charge is 0.383 e. The highest BCUT2D eigenvalue weighted by Crippen LogP contribution is 1.97. The number of ether oxygens (including phenoxy) is 2. The second-order valence-electron chi connectivity index (χ2n) is 3.96. The monoisotopic (exact) mass is 244 g/mol. The van der Waals surface area contributed by atoms with Crippen LogP contribution in [0, 0.1) is 0 Å². The number of nitrogens with zero attached hydrogens (tertiary/aromatic N) is 3. The summed E-state index contributed by atoms with van der Waals surface area (Å²) in [6, 6.07) is 0. The number of methoxy groups -OCH3 is 1. The van der Waals surface area contributed by atoms with Crippen molar-refractivity contribution in [3.63, 3.8) is 0 Å². The second kappa shape index (κ2) is 8.27. The highest BCUT2D eigenvalue weighted by Gasteiger charge is 2.10.